The Balaban J connectivity index is 1.16. The molecule has 5 aromatic rings. The smallest absolute Gasteiger partial charge is 0.142 e. The molecule has 0 atom stereocenters. The van der Waals surface area contributed by atoms with Crippen molar-refractivity contribution in [3.8, 4) is 34.4 Å². The first-order chi connectivity index (χ1) is 25.0. The van der Waals surface area contributed by atoms with Crippen LogP contribution < -0.4 is 19.5 Å². The summed E-state index contributed by atoms with van der Waals surface area (Å²) in [7, 11) is 0. The van der Waals surface area contributed by atoms with Crippen molar-refractivity contribution in [3.63, 3.8) is 0 Å². The summed E-state index contributed by atoms with van der Waals surface area (Å²) in [5, 5.41) is 13.2. The molecule has 1 N–H and O–H groups in total. The Morgan fingerprint density at radius 3 is 2.41 bits per heavy atom. The number of pyridine rings is 1. The van der Waals surface area contributed by atoms with Crippen LogP contribution in [0.2, 0.25) is 5.02 Å². The largest absolute Gasteiger partial charge is 0.493 e. The lowest BCUT2D eigenvalue weighted by Crippen LogP contribution is -2.22. The van der Waals surface area contributed by atoms with Crippen molar-refractivity contribution in [2.24, 2.45) is 0 Å². The number of nitrogens with zero attached hydrogens (tertiary/aromatic N) is 5. The number of aromatic nitrogens is 3. The molecule has 1 saturated heterocycles. The minimum absolute atomic E-state index is 0.225. The fourth-order valence-corrected chi connectivity index (χ4v) is 6.56. The van der Waals surface area contributed by atoms with Gasteiger partial charge in [0.25, 0.3) is 0 Å². The summed E-state index contributed by atoms with van der Waals surface area (Å²) in [4.78, 5) is 15.2. The molecule has 0 radical (unpaired) electrons. The molecule has 1 aliphatic rings. The number of nitriles is 1. The van der Waals surface area contributed by atoms with E-state index in [1.807, 2.05) is 12.1 Å². The second-order valence-corrected chi connectivity index (χ2v) is 13.1. The Bertz CT molecular complexity index is 1960. The van der Waals surface area contributed by atoms with Crippen LogP contribution in [0.4, 0.5) is 0 Å². The van der Waals surface area contributed by atoms with Crippen LogP contribution in [0.5, 0.6) is 17.2 Å². The predicted molar refractivity (Wildman–Crippen MR) is 199 cm³/mol. The first-order valence-corrected chi connectivity index (χ1v) is 17.8. The Morgan fingerprint density at radius 1 is 0.804 bits per heavy atom. The van der Waals surface area contributed by atoms with E-state index in [9.17, 15) is 5.26 Å². The molecule has 10 heteroatoms. The van der Waals surface area contributed by atoms with Crippen molar-refractivity contribution in [2.45, 2.75) is 59.4 Å². The highest BCUT2D eigenvalue weighted by Crippen LogP contribution is 2.36. The van der Waals surface area contributed by atoms with Gasteiger partial charge in [0.2, 0.25) is 0 Å². The number of hydrogen-bond donors (Lipinski definition) is 1. The Hall–Kier alpha value is -5.01. The third-order valence-electron chi connectivity index (χ3n) is 9.15. The molecule has 1 aliphatic heterocycles. The van der Waals surface area contributed by atoms with Crippen LogP contribution in [-0.4, -0.2) is 46.1 Å². The van der Waals surface area contributed by atoms with Gasteiger partial charge in [0.05, 0.1) is 22.9 Å². The highest BCUT2D eigenvalue weighted by Gasteiger charge is 2.16. The van der Waals surface area contributed by atoms with Crippen LogP contribution in [0, 0.1) is 25.2 Å². The van der Waals surface area contributed by atoms with Crippen molar-refractivity contribution in [3.05, 3.63) is 130 Å². The summed E-state index contributed by atoms with van der Waals surface area (Å²) >= 11 is 6.82. The Kier molecular flexibility index (Phi) is 12.5. The van der Waals surface area contributed by atoms with Crippen molar-refractivity contribution in [1.82, 2.24) is 25.2 Å². The van der Waals surface area contributed by atoms with Gasteiger partial charge < -0.3 is 24.4 Å². The minimum atomic E-state index is 0.225. The minimum Gasteiger partial charge on any atom is -0.493 e. The third-order valence-corrected chi connectivity index (χ3v) is 9.45. The topological polar surface area (TPSA) is 105 Å². The third kappa shape index (κ3) is 9.62. The molecule has 2 aromatic heterocycles. The van der Waals surface area contributed by atoms with Crippen molar-refractivity contribution in [2.75, 3.05) is 26.2 Å². The van der Waals surface area contributed by atoms with E-state index in [1.165, 1.54) is 32.1 Å². The van der Waals surface area contributed by atoms with E-state index in [0.717, 1.165) is 63.4 Å². The van der Waals surface area contributed by atoms with Crippen LogP contribution >= 0.6 is 11.6 Å². The van der Waals surface area contributed by atoms with E-state index in [1.54, 1.807) is 30.9 Å². The average molecular weight is 703 g/mol. The fourth-order valence-electron chi connectivity index (χ4n) is 6.32. The van der Waals surface area contributed by atoms with E-state index < -0.39 is 0 Å². The van der Waals surface area contributed by atoms with Crippen molar-refractivity contribution >= 4 is 11.6 Å². The molecule has 0 unspecified atom stereocenters. The maximum absolute atomic E-state index is 9.31. The zero-order valence-corrected chi connectivity index (χ0v) is 30.0. The van der Waals surface area contributed by atoms with Crippen LogP contribution in [-0.2, 0) is 26.3 Å². The molecule has 51 heavy (non-hydrogen) atoms. The normalized spacial score (nSPS) is 12.8. The molecule has 0 aliphatic carbocycles. The highest BCUT2D eigenvalue weighted by atomic mass is 35.5. The van der Waals surface area contributed by atoms with Gasteiger partial charge in [0.1, 0.15) is 36.5 Å². The summed E-state index contributed by atoms with van der Waals surface area (Å²) in [6.07, 6.45) is 11.9. The van der Waals surface area contributed by atoms with Crippen molar-refractivity contribution < 1.29 is 14.2 Å². The van der Waals surface area contributed by atoms with Gasteiger partial charge in [-0.1, -0.05) is 41.9 Å². The highest BCUT2D eigenvalue weighted by molar-refractivity contribution is 6.32. The molecule has 3 heterocycles. The molecule has 0 amide bonds. The molecule has 0 bridgehead atoms. The van der Waals surface area contributed by atoms with Crippen LogP contribution in [0.3, 0.4) is 0 Å². The van der Waals surface area contributed by atoms with Crippen LogP contribution in [0.1, 0.15) is 58.3 Å². The summed E-state index contributed by atoms with van der Waals surface area (Å²) < 4.78 is 18.9. The van der Waals surface area contributed by atoms with Crippen LogP contribution in [0.15, 0.2) is 85.6 Å². The number of halogens is 1. The number of ether oxygens (including phenoxy) is 3. The summed E-state index contributed by atoms with van der Waals surface area (Å²) in [6.45, 7) is 10.0. The van der Waals surface area contributed by atoms with Gasteiger partial charge in [0.15, 0.2) is 0 Å². The lowest BCUT2D eigenvalue weighted by Gasteiger charge is -2.19. The van der Waals surface area contributed by atoms with Gasteiger partial charge in [-0.05, 0) is 92.2 Å². The number of hydrogen-bond acceptors (Lipinski definition) is 9. The molecule has 6 rings (SSSR count). The fraction of sp³-hybridized carbons (Fsp3) is 0.317. The average Bonchev–Trinajstić information content (AvgIpc) is 3.68. The zero-order chi connectivity index (χ0) is 35.4. The molecule has 262 valence electrons. The first-order valence-electron chi connectivity index (χ1n) is 17.4. The number of benzene rings is 3. The molecule has 9 nitrogen and oxygen atoms in total. The lowest BCUT2D eigenvalue weighted by molar-refractivity contribution is 0.262. The van der Waals surface area contributed by atoms with Crippen LogP contribution in [0.25, 0.3) is 11.1 Å². The molecule has 0 spiro atoms. The summed E-state index contributed by atoms with van der Waals surface area (Å²) in [6, 6.07) is 20.2. The van der Waals surface area contributed by atoms with Gasteiger partial charge in [-0.3, -0.25) is 15.0 Å². The lowest BCUT2D eigenvalue weighted by atomic mass is 9.93. The number of likely N-dealkylation sites (tertiary alicyclic amines) is 1. The quantitative estimate of drug-likeness (QED) is 0.102. The summed E-state index contributed by atoms with van der Waals surface area (Å²) in [5.41, 5.74) is 8.54. The Labute approximate surface area is 305 Å². The second-order valence-electron chi connectivity index (χ2n) is 12.7. The van der Waals surface area contributed by atoms with E-state index in [4.69, 9.17) is 25.8 Å². The second kappa shape index (κ2) is 17.8. The number of nitrogens with one attached hydrogen (secondary N) is 1. The predicted octanol–water partition coefficient (Wildman–Crippen LogP) is 7.99. The zero-order valence-electron chi connectivity index (χ0n) is 29.2. The number of rotatable bonds is 16. The van der Waals surface area contributed by atoms with Gasteiger partial charge in [0, 0.05) is 67.8 Å². The van der Waals surface area contributed by atoms with Gasteiger partial charge in [-0.15, -0.1) is 0 Å². The van der Waals surface area contributed by atoms with Gasteiger partial charge in [-0.2, -0.15) is 5.26 Å². The SMILES string of the molecule is Cc1c(COc2cc(OCc3cncc(C#N)c3)c(CNCc3cnccn3)cc2Cl)cccc1-c1cccc(OCCCN2CCCC2)c1C. The van der Waals surface area contributed by atoms with Gasteiger partial charge in [-0.25, -0.2) is 0 Å². The maximum Gasteiger partial charge on any atom is 0.142 e. The monoisotopic (exact) mass is 702 g/mol. The first kappa shape index (κ1) is 35.8. The molecular weight excluding hydrogens is 660 g/mol. The molecule has 1 fully saturated rings. The summed E-state index contributed by atoms with van der Waals surface area (Å²) in [5.74, 6) is 2.05. The molecular formula is C41H43ClN6O3. The standard InChI is InChI=1S/C41H43ClN6O3/c1-29-33(8-5-9-36(29)37-10-6-11-39(30(37)2)49-17-7-16-48-14-3-4-15-48)28-51-41-20-40(50-27-32-18-31(21-43)22-45-23-32)34(19-38(41)42)24-46-26-35-25-44-12-13-47-35/h5-6,8-13,18-20,22-23,25,46H,3-4,7,14-17,24,26-28H2,1-2H3. The Morgan fingerprint density at radius 2 is 1.61 bits per heavy atom. The van der Waals surface area contributed by atoms with E-state index in [2.05, 4.69) is 81.5 Å². The van der Waals surface area contributed by atoms with E-state index in [0.29, 0.717) is 48.4 Å². The molecule has 0 saturated carbocycles. The maximum atomic E-state index is 9.31. The van der Waals surface area contributed by atoms with Crippen molar-refractivity contribution in [1.29, 1.82) is 5.26 Å². The van der Waals surface area contributed by atoms with Gasteiger partial charge >= 0.3 is 0 Å². The molecule has 3 aromatic carbocycles. The van der Waals surface area contributed by atoms with E-state index in [-0.39, 0.29) is 6.61 Å². The van der Waals surface area contributed by atoms with E-state index >= 15 is 0 Å².